The zero-order valence-corrected chi connectivity index (χ0v) is 22.4. The Kier molecular flexibility index (Phi) is 14.0. The van der Waals surface area contributed by atoms with E-state index in [0.717, 1.165) is 51.4 Å². The smallest absolute Gasteiger partial charge is 0.226 e. The molecule has 0 radical (unpaired) electrons. The summed E-state index contributed by atoms with van der Waals surface area (Å²) in [6, 6.07) is 0. The van der Waals surface area contributed by atoms with Crippen LogP contribution in [0.3, 0.4) is 0 Å². The van der Waals surface area contributed by atoms with Crippen LogP contribution in [0.5, 0.6) is 0 Å². The average molecular weight is 463 g/mol. The number of carbonyl (C=O) groups is 1. The Morgan fingerprint density at radius 3 is 1.19 bits per heavy atom. The SMILES string of the molecule is CCCCCC(CC)(OOOC(=O)OOOC(CC)(CCCCC)C(C)(C)C)C(C)(C)C. The molecule has 0 aromatic carbocycles. The average Bonchev–Trinajstić information content (AvgIpc) is 2.70. The van der Waals surface area contributed by atoms with E-state index in [2.05, 4.69) is 65.2 Å². The lowest BCUT2D eigenvalue weighted by atomic mass is 9.72. The van der Waals surface area contributed by atoms with Crippen LogP contribution in [0.4, 0.5) is 4.79 Å². The molecule has 2 unspecified atom stereocenters. The van der Waals surface area contributed by atoms with E-state index >= 15 is 0 Å². The second-order valence-corrected chi connectivity index (χ2v) is 10.8. The molecule has 0 bridgehead atoms. The highest BCUT2D eigenvalue weighted by atomic mass is 17.6. The summed E-state index contributed by atoms with van der Waals surface area (Å²) < 4.78 is 0. The Morgan fingerprint density at radius 1 is 0.594 bits per heavy atom. The Morgan fingerprint density at radius 2 is 0.938 bits per heavy atom. The van der Waals surface area contributed by atoms with Crippen LogP contribution in [0.2, 0.25) is 0 Å². The maximum atomic E-state index is 12.0. The topological polar surface area (TPSA) is 72.5 Å². The van der Waals surface area contributed by atoms with Crippen molar-refractivity contribution in [1.82, 2.24) is 0 Å². The minimum atomic E-state index is -1.19. The number of unbranched alkanes of at least 4 members (excludes halogenated alkanes) is 4. The van der Waals surface area contributed by atoms with Crippen molar-refractivity contribution in [2.45, 2.75) is 145 Å². The molecular formula is C25H50O7. The third-order valence-electron chi connectivity index (χ3n) is 6.84. The summed E-state index contributed by atoms with van der Waals surface area (Å²) in [5.74, 6) is 0. The second-order valence-electron chi connectivity index (χ2n) is 10.8. The summed E-state index contributed by atoms with van der Waals surface area (Å²) in [4.78, 5) is 32.5. The monoisotopic (exact) mass is 462 g/mol. The van der Waals surface area contributed by atoms with Gasteiger partial charge in [-0.25, -0.2) is 9.78 Å². The van der Waals surface area contributed by atoms with Gasteiger partial charge >= 0.3 is 6.16 Å². The zero-order valence-electron chi connectivity index (χ0n) is 22.4. The fourth-order valence-electron chi connectivity index (χ4n) is 4.17. The van der Waals surface area contributed by atoms with E-state index in [-0.39, 0.29) is 10.8 Å². The molecule has 0 aliphatic rings. The highest BCUT2D eigenvalue weighted by Crippen LogP contribution is 2.42. The molecule has 0 aromatic rings. The van der Waals surface area contributed by atoms with Crippen LogP contribution in [0.15, 0.2) is 0 Å². The van der Waals surface area contributed by atoms with E-state index in [1.54, 1.807) is 0 Å². The minimum Gasteiger partial charge on any atom is -0.226 e. The first-order valence-electron chi connectivity index (χ1n) is 12.4. The summed E-state index contributed by atoms with van der Waals surface area (Å²) in [6.45, 7) is 20.9. The number of hydrogen-bond acceptors (Lipinski definition) is 7. The van der Waals surface area contributed by atoms with E-state index in [1.807, 2.05) is 13.8 Å². The van der Waals surface area contributed by atoms with Gasteiger partial charge in [0, 0.05) is 0 Å². The molecule has 0 saturated heterocycles. The highest BCUT2D eigenvalue weighted by Gasteiger charge is 2.44. The fraction of sp³-hybridized carbons (Fsp3) is 0.960. The summed E-state index contributed by atoms with van der Waals surface area (Å²) in [7, 11) is 0. The van der Waals surface area contributed by atoms with E-state index in [1.165, 1.54) is 0 Å². The first-order valence-corrected chi connectivity index (χ1v) is 12.4. The Labute approximate surface area is 196 Å². The summed E-state index contributed by atoms with van der Waals surface area (Å²) >= 11 is 0. The number of carbonyl (C=O) groups excluding carboxylic acids is 1. The lowest BCUT2D eigenvalue weighted by Crippen LogP contribution is -2.45. The first-order chi connectivity index (χ1) is 14.8. The van der Waals surface area contributed by atoms with Crippen LogP contribution >= 0.6 is 0 Å². The zero-order chi connectivity index (χ0) is 24.9. The van der Waals surface area contributed by atoms with Crippen molar-refractivity contribution < 1.29 is 34.4 Å². The molecule has 7 heteroatoms. The molecule has 0 aliphatic carbocycles. The highest BCUT2D eigenvalue weighted by molar-refractivity contribution is 5.57. The molecule has 0 aromatic heterocycles. The van der Waals surface area contributed by atoms with Gasteiger partial charge in [0.1, 0.15) is 11.2 Å². The molecule has 0 rings (SSSR count). The van der Waals surface area contributed by atoms with Gasteiger partial charge in [0.05, 0.1) is 0 Å². The maximum absolute atomic E-state index is 12.0. The summed E-state index contributed by atoms with van der Waals surface area (Å²) in [5.41, 5.74) is -1.62. The van der Waals surface area contributed by atoms with E-state index < -0.39 is 17.4 Å². The van der Waals surface area contributed by atoms with Gasteiger partial charge in [-0.3, -0.25) is 0 Å². The Balaban J connectivity index is 4.80. The van der Waals surface area contributed by atoms with Crippen molar-refractivity contribution >= 4 is 6.16 Å². The molecule has 0 aliphatic heterocycles. The molecule has 2 atom stereocenters. The van der Waals surface area contributed by atoms with Crippen molar-refractivity contribution in [3.8, 4) is 0 Å². The second kappa shape index (κ2) is 14.4. The van der Waals surface area contributed by atoms with Crippen molar-refractivity contribution in [3.05, 3.63) is 0 Å². The maximum Gasteiger partial charge on any atom is 0.577 e. The predicted molar refractivity (Wildman–Crippen MR) is 125 cm³/mol. The molecule has 0 spiro atoms. The van der Waals surface area contributed by atoms with Gasteiger partial charge < -0.3 is 0 Å². The van der Waals surface area contributed by atoms with E-state index in [4.69, 9.17) is 19.9 Å². The van der Waals surface area contributed by atoms with Crippen LogP contribution in [0, 0.1) is 10.8 Å². The molecular weight excluding hydrogens is 412 g/mol. The lowest BCUT2D eigenvalue weighted by Gasteiger charge is -2.42. The fourth-order valence-corrected chi connectivity index (χ4v) is 4.17. The Hall–Kier alpha value is -0.890. The predicted octanol–water partition coefficient (Wildman–Crippen LogP) is 8.42. The van der Waals surface area contributed by atoms with Crippen molar-refractivity contribution in [1.29, 1.82) is 0 Å². The molecule has 0 amide bonds. The molecule has 0 heterocycles. The molecule has 0 saturated carbocycles. The van der Waals surface area contributed by atoms with E-state index in [9.17, 15) is 4.79 Å². The molecule has 32 heavy (non-hydrogen) atoms. The van der Waals surface area contributed by atoms with Gasteiger partial charge in [-0.05, 0) is 46.6 Å². The van der Waals surface area contributed by atoms with E-state index in [0.29, 0.717) is 12.8 Å². The summed E-state index contributed by atoms with van der Waals surface area (Å²) in [5, 5.41) is 9.71. The first kappa shape index (κ1) is 31.1. The molecule has 0 fully saturated rings. The Bertz CT molecular complexity index is 465. The normalized spacial score (nSPS) is 16.3. The van der Waals surface area contributed by atoms with Gasteiger partial charge in [0.25, 0.3) is 0 Å². The minimum absolute atomic E-state index is 0.214. The quantitative estimate of drug-likeness (QED) is 0.129. The van der Waals surface area contributed by atoms with Gasteiger partial charge in [0.2, 0.25) is 0 Å². The standard InChI is InChI=1S/C25H50O7/c1-11-15-17-19-24(13-3,22(5,6)7)29-31-27-21(26)28-32-30-25(14-4,23(8,9)10)20-18-16-12-2/h11-20H2,1-10H3. The van der Waals surface area contributed by atoms with Crippen LogP contribution in [0.1, 0.15) is 133 Å². The number of rotatable bonds is 16. The summed E-state index contributed by atoms with van der Waals surface area (Å²) in [6.07, 6.45) is 8.22. The third kappa shape index (κ3) is 9.54. The van der Waals surface area contributed by atoms with Crippen molar-refractivity contribution in [2.75, 3.05) is 0 Å². The van der Waals surface area contributed by atoms with Crippen LogP contribution in [0.25, 0.3) is 0 Å². The molecule has 192 valence electrons. The van der Waals surface area contributed by atoms with Crippen molar-refractivity contribution in [3.63, 3.8) is 0 Å². The van der Waals surface area contributed by atoms with Crippen LogP contribution in [-0.2, 0) is 29.6 Å². The van der Waals surface area contributed by atoms with Crippen LogP contribution in [-0.4, -0.2) is 17.4 Å². The third-order valence-corrected chi connectivity index (χ3v) is 6.84. The number of hydrogen-bond donors (Lipinski definition) is 0. The molecule has 7 nitrogen and oxygen atoms in total. The van der Waals surface area contributed by atoms with Crippen LogP contribution < -0.4 is 0 Å². The lowest BCUT2D eigenvalue weighted by molar-refractivity contribution is -0.566. The van der Waals surface area contributed by atoms with Gasteiger partial charge in [-0.15, -0.1) is 0 Å². The largest absolute Gasteiger partial charge is 0.577 e. The van der Waals surface area contributed by atoms with Gasteiger partial charge in [-0.1, -0.05) is 108 Å². The van der Waals surface area contributed by atoms with Crippen molar-refractivity contribution in [2.24, 2.45) is 10.8 Å². The van der Waals surface area contributed by atoms with Gasteiger partial charge in [-0.2, -0.15) is 14.6 Å². The molecule has 0 N–H and O–H groups in total. The van der Waals surface area contributed by atoms with Gasteiger partial charge in [0.15, 0.2) is 0 Å².